The molecule has 2 aromatic rings. The zero-order valence-electron chi connectivity index (χ0n) is 11.0. The first kappa shape index (κ1) is 12.7. The zero-order chi connectivity index (χ0) is 14.1. The van der Waals surface area contributed by atoms with E-state index < -0.39 is 5.97 Å². The van der Waals surface area contributed by atoms with Gasteiger partial charge in [-0.15, -0.1) is 0 Å². The van der Waals surface area contributed by atoms with Gasteiger partial charge >= 0.3 is 5.97 Å². The summed E-state index contributed by atoms with van der Waals surface area (Å²) in [5, 5.41) is 20.4. The molecular formula is C15H16N2O3. The molecule has 0 saturated heterocycles. The van der Waals surface area contributed by atoms with Crippen molar-refractivity contribution in [2.75, 3.05) is 11.4 Å². The average Bonchev–Trinajstić information content (AvgIpc) is 3.23. The predicted octanol–water partition coefficient (Wildman–Crippen LogP) is 2.38. The van der Waals surface area contributed by atoms with Crippen LogP contribution in [0.2, 0.25) is 0 Å². The fourth-order valence-electron chi connectivity index (χ4n) is 2.43. The van der Waals surface area contributed by atoms with Gasteiger partial charge in [-0.1, -0.05) is 6.07 Å². The van der Waals surface area contributed by atoms with Crippen LogP contribution < -0.4 is 4.90 Å². The van der Waals surface area contributed by atoms with E-state index >= 15 is 0 Å². The first-order valence-electron chi connectivity index (χ1n) is 6.71. The van der Waals surface area contributed by atoms with Crippen molar-refractivity contribution in [3.63, 3.8) is 0 Å². The summed E-state index contributed by atoms with van der Waals surface area (Å²) in [7, 11) is 0. The normalized spacial score (nSPS) is 14.4. The molecule has 0 bridgehead atoms. The number of carbonyl (C=O) groups is 1. The van der Waals surface area contributed by atoms with Gasteiger partial charge in [0.05, 0.1) is 6.42 Å². The number of pyridine rings is 1. The smallest absolute Gasteiger partial charge is 0.305 e. The van der Waals surface area contributed by atoms with E-state index in [1.807, 2.05) is 12.1 Å². The van der Waals surface area contributed by atoms with E-state index in [9.17, 15) is 9.90 Å². The summed E-state index contributed by atoms with van der Waals surface area (Å²) in [6, 6.07) is 7.44. The second-order valence-corrected chi connectivity index (χ2v) is 5.11. The highest BCUT2D eigenvalue weighted by molar-refractivity contribution is 5.93. The summed E-state index contributed by atoms with van der Waals surface area (Å²) in [5.74, 6) is 0.154. The lowest BCUT2D eigenvalue weighted by Gasteiger charge is -2.24. The predicted molar refractivity (Wildman–Crippen MR) is 76.0 cm³/mol. The van der Waals surface area contributed by atoms with Gasteiger partial charge in [0.25, 0.3) is 0 Å². The molecule has 0 atom stereocenters. The number of hydrogen-bond donors (Lipinski definition) is 2. The van der Waals surface area contributed by atoms with Gasteiger partial charge in [0.15, 0.2) is 0 Å². The summed E-state index contributed by atoms with van der Waals surface area (Å²) >= 11 is 0. The van der Waals surface area contributed by atoms with Gasteiger partial charge in [-0.05, 0) is 36.4 Å². The Hall–Kier alpha value is -2.30. The maximum Gasteiger partial charge on any atom is 0.305 e. The van der Waals surface area contributed by atoms with Crippen molar-refractivity contribution < 1.29 is 15.0 Å². The van der Waals surface area contributed by atoms with E-state index in [1.165, 1.54) is 0 Å². The second kappa shape index (κ2) is 5.00. The molecule has 104 valence electrons. The van der Waals surface area contributed by atoms with E-state index in [2.05, 4.69) is 9.88 Å². The molecule has 0 unspecified atom stereocenters. The van der Waals surface area contributed by atoms with E-state index in [0.717, 1.165) is 29.4 Å². The lowest BCUT2D eigenvalue weighted by Crippen LogP contribution is -2.29. The van der Waals surface area contributed by atoms with Crippen LogP contribution in [0, 0.1) is 0 Å². The van der Waals surface area contributed by atoms with Gasteiger partial charge in [0.2, 0.25) is 0 Å². The van der Waals surface area contributed by atoms with Gasteiger partial charge in [-0.3, -0.25) is 4.79 Å². The second-order valence-electron chi connectivity index (χ2n) is 5.11. The summed E-state index contributed by atoms with van der Waals surface area (Å²) < 4.78 is 0. The molecule has 1 heterocycles. The van der Waals surface area contributed by atoms with E-state index in [4.69, 9.17) is 5.11 Å². The third kappa shape index (κ3) is 2.52. The molecule has 1 fully saturated rings. The molecule has 0 radical (unpaired) electrons. The van der Waals surface area contributed by atoms with Gasteiger partial charge in [0, 0.05) is 24.2 Å². The molecule has 0 amide bonds. The Kier molecular flexibility index (Phi) is 3.18. The Balaban J connectivity index is 2.01. The van der Waals surface area contributed by atoms with Gasteiger partial charge in [0.1, 0.15) is 11.6 Å². The Bertz CT molecular complexity index is 653. The Labute approximate surface area is 116 Å². The van der Waals surface area contributed by atoms with Crippen LogP contribution in [0.15, 0.2) is 30.5 Å². The molecule has 5 nitrogen and oxygen atoms in total. The number of aliphatic carboxylic acids is 1. The van der Waals surface area contributed by atoms with Crippen molar-refractivity contribution in [3.8, 4) is 5.75 Å². The highest BCUT2D eigenvalue weighted by Gasteiger charge is 2.31. The standard InChI is InChI=1S/C15H16N2O3/c18-12-4-1-10-5-7-16-15(13(10)9-12)17(11-2-3-11)8-6-14(19)20/h1,4-5,7,9,11,18H,2-3,6,8H2,(H,19,20). The van der Waals surface area contributed by atoms with Crippen LogP contribution >= 0.6 is 0 Å². The van der Waals surface area contributed by atoms with Crippen molar-refractivity contribution in [2.24, 2.45) is 0 Å². The van der Waals surface area contributed by atoms with Crippen LogP contribution in [0.3, 0.4) is 0 Å². The first-order valence-corrected chi connectivity index (χ1v) is 6.71. The molecule has 3 rings (SSSR count). The van der Waals surface area contributed by atoms with Crippen molar-refractivity contribution in [1.29, 1.82) is 0 Å². The van der Waals surface area contributed by atoms with Crippen LogP contribution in [-0.4, -0.2) is 33.8 Å². The largest absolute Gasteiger partial charge is 0.508 e. The molecule has 1 aromatic heterocycles. The third-order valence-corrected chi connectivity index (χ3v) is 3.55. The van der Waals surface area contributed by atoms with Gasteiger partial charge in [-0.25, -0.2) is 4.98 Å². The lowest BCUT2D eigenvalue weighted by molar-refractivity contribution is -0.136. The van der Waals surface area contributed by atoms with E-state index in [0.29, 0.717) is 12.6 Å². The maximum absolute atomic E-state index is 10.8. The van der Waals surface area contributed by atoms with E-state index in [-0.39, 0.29) is 12.2 Å². The molecule has 0 aliphatic heterocycles. The Morgan fingerprint density at radius 2 is 2.15 bits per heavy atom. The van der Waals surface area contributed by atoms with Crippen LogP contribution in [-0.2, 0) is 4.79 Å². The van der Waals surface area contributed by atoms with Crippen molar-refractivity contribution in [3.05, 3.63) is 30.5 Å². The highest BCUT2D eigenvalue weighted by Crippen LogP contribution is 2.35. The average molecular weight is 272 g/mol. The van der Waals surface area contributed by atoms with Crippen LogP contribution in [0.5, 0.6) is 5.75 Å². The number of rotatable bonds is 5. The van der Waals surface area contributed by atoms with Crippen LogP contribution in [0.4, 0.5) is 5.82 Å². The minimum Gasteiger partial charge on any atom is -0.508 e. The summed E-state index contributed by atoms with van der Waals surface area (Å²) in [6.45, 7) is 0.446. The SMILES string of the molecule is O=C(O)CCN(c1nccc2ccc(O)cc12)C1CC1. The maximum atomic E-state index is 10.8. The quantitative estimate of drug-likeness (QED) is 0.874. The van der Waals surface area contributed by atoms with Gasteiger partial charge in [-0.2, -0.15) is 0 Å². The third-order valence-electron chi connectivity index (χ3n) is 3.55. The minimum atomic E-state index is -0.807. The van der Waals surface area contributed by atoms with E-state index in [1.54, 1.807) is 18.3 Å². The summed E-state index contributed by atoms with van der Waals surface area (Å²) in [6.07, 6.45) is 3.95. The lowest BCUT2D eigenvalue weighted by atomic mass is 10.1. The monoisotopic (exact) mass is 272 g/mol. The number of carboxylic acids is 1. The molecule has 1 aliphatic rings. The Morgan fingerprint density at radius 1 is 1.35 bits per heavy atom. The van der Waals surface area contributed by atoms with Crippen LogP contribution in [0.1, 0.15) is 19.3 Å². The molecule has 5 heteroatoms. The molecule has 1 saturated carbocycles. The number of carboxylic acid groups (broad SMARTS) is 1. The molecule has 2 N–H and O–H groups in total. The number of hydrogen-bond acceptors (Lipinski definition) is 4. The number of benzene rings is 1. The van der Waals surface area contributed by atoms with Crippen molar-refractivity contribution in [1.82, 2.24) is 4.98 Å². The number of phenolic OH excluding ortho intramolecular Hbond substituents is 1. The number of aromatic nitrogens is 1. The van der Waals surface area contributed by atoms with Crippen LogP contribution in [0.25, 0.3) is 10.8 Å². The van der Waals surface area contributed by atoms with Crippen molar-refractivity contribution in [2.45, 2.75) is 25.3 Å². The topological polar surface area (TPSA) is 73.7 Å². The highest BCUT2D eigenvalue weighted by atomic mass is 16.4. The number of anilines is 1. The fraction of sp³-hybridized carbons (Fsp3) is 0.333. The molecule has 20 heavy (non-hydrogen) atoms. The summed E-state index contributed by atoms with van der Waals surface area (Å²) in [4.78, 5) is 17.3. The fourth-order valence-corrected chi connectivity index (χ4v) is 2.43. The molecule has 1 aromatic carbocycles. The first-order chi connectivity index (χ1) is 9.65. The van der Waals surface area contributed by atoms with Crippen molar-refractivity contribution >= 4 is 22.6 Å². The van der Waals surface area contributed by atoms with Gasteiger partial charge < -0.3 is 15.1 Å². The summed E-state index contributed by atoms with van der Waals surface area (Å²) in [5.41, 5.74) is 0. The molecular weight excluding hydrogens is 256 g/mol. The number of fused-ring (bicyclic) bond motifs is 1. The minimum absolute atomic E-state index is 0.0907. The molecule has 0 spiro atoms. The zero-order valence-corrected chi connectivity index (χ0v) is 11.0. The number of nitrogens with zero attached hydrogens (tertiary/aromatic N) is 2. The molecule has 1 aliphatic carbocycles. The number of aromatic hydroxyl groups is 1. The Morgan fingerprint density at radius 3 is 2.85 bits per heavy atom. The number of phenols is 1.